The number of hydrogen-bond donors (Lipinski definition) is 1. The molecule has 0 saturated carbocycles. The highest BCUT2D eigenvalue weighted by molar-refractivity contribution is 5.85. The van der Waals surface area contributed by atoms with E-state index in [1.165, 1.54) is 16.3 Å². The number of rotatable bonds is 8. The number of methoxy groups -OCH3 is 1. The number of benzene rings is 3. The van der Waals surface area contributed by atoms with Crippen molar-refractivity contribution in [2.75, 3.05) is 7.11 Å². The van der Waals surface area contributed by atoms with E-state index in [1.807, 2.05) is 18.6 Å². The summed E-state index contributed by atoms with van der Waals surface area (Å²) in [4.78, 5) is 9.08. The van der Waals surface area contributed by atoms with E-state index in [9.17, 15) is 0 Å². The number of halogens is 1. The lowest BCUT2D eigenvalue weighted by Gasteiger charge is -2.09. The number of nitrogens with one attached hydrogen (secondary N) is 1. The summed E-state index contributed by atoms with van der Waals surface area (Å²) in [5.74, 6) is 0.666. The minimum absolute atomic E-state index is 0.285. The third-order valence-electron chi connectivity index (χ3n) is 6.69. The zero-order valence-electron chi connectivity index (χ0n) is 20.8. The number of imidazole rings is 1. The molecule has 1 atom stereocenters. The Morgan fingerprint density at radius 1 is 0.947 bits per heavy atom. The Bertz CT molecular complexity index is 1690. The number of pyridine rings is 1. The predicted octanol–water partition coefficient (Wildman–Crippen LogP) is 6.19. The highest BCUT2D eigenvalue weighted by atomic mass is 19.1. The predicted molar refractivity (Wildman–Crippen MR) is 144 cm³/mol. The van der Waals surface area contributed by atoms with Gasteiger partial charge in [0, 0.05) is 24.5 Å². The standard InChI is InChI=1S/C30H25FN6O/c1-38-24-11-9-22(10-12-24)28(31)30-29(34-36-35-30)23-13-15-32-26(17-23)27-18-37(19-33-27)16-14-21-7-4-6-20-5-2-3-8-25(20)21/h2-13,15,17-19,28H,14,16H2,1H3,(H,34,35,36). The average Bonchev–Trinajstić information content (AvgIpc) is 3.66. The van der Waals surface area contributed by atoms with Crippen LogP contribution in [0.15, 0.2) is 97.6 Å². The van der Waals surface area contributed by atoms with Gasteiger partial charge in [0.25, 0.3) is 0 Å². The fourth-order valence-corrected chi connectivity index (χ4v) is 4.66. The van der Waals surface area contributed by atoms with Crippen LogP contribution in [0.25, 0.3) is 33.4 Å². The Hall–Kier alpha value is -4.85. The number of aromatic amines is 1. The lowest BCUT2D eigenvalue weighted by atomic mass is 10.0. The summed E-state index contributed by atoms with van der Waals surface area (Å²) in [6.07, 6.45) is 4.94. The quantitative estimate of drug-likeness (QED) is 0.267. The monoisotopic (exact) mass is 504 g/mol. The largest absolute Gasteiger partial charge is 0.497 e. The Morgan fingerprint density at radius 2 is 1.79 bits per heavy atom. The van der Waals surface area contributed by atoms with Crippen molar-refractivity contribution >= 4 is 10.8 Å². The zero-order chi connectivity index (χ0) is 25.9. The number of hydrogen-bond acceptors (Lipinski definition) is 5. The van der Waals surface area contributed by atoms with Crippen LogP contribution >= 0.6 is 0 Å². The molecule has 1 unspecified atom stereocenters. The Labute approximate surface area is 219 Å². The van der Waals surface area contributed by atoms with Gasteiger partial charge in [-0.3, -0.25) is 10.1 Å². The minimum atomic E-state index is -1.42. The molecule has 6 rings (SSSR count). The molecule has 0 radical (unpaired) electrons. The SMILES string of the molecule is COc1ccc(C(F)c2[nH]nnc2-c2ccnc(-c3cn(CCc4cccc5ccccc45)cn3)c2)cc1. The molecular weight excluding hydrogens is 479 g/mol. The molecule has 188 valence electrons. The summed E-state index contributed by atoms with van der Waals surface area (Å²) < 4.78 is 22.7. The molecule has 0 amide bonds. The van der Waals surface area contributed by atoms with Crippen molar-refractivity contribution in [3.63, 3.8) is 0 Å². The molecule has 0 aliphatic rings. The maximum absolute atomic E-state index is 15.4. The molecule has 0 aliphatic carbocycles. The number of alkyl halides is 1. The van der Waals surface area contributed by atoms with Crippen LogP contribution in [0.5, 0.6) is 5.75 Å². The molecule has 6 aromatic rings. The molecule has 3 heterocycles. The first-order valence-corrected chi connectivity index (χ1v) is 12.3. The number of H-pyrrole nitrogens is 1. The number of ether oxygens (including phenoxy) is 1. The number of aromatic nitrogens is 6. The first-order valence-electron chi connectivity index (χ1n) is 12.3. The van der Waals surface area contributed by atoms with Gasteiger partial charge in [0.2, 0.25) is 0 Å². The van der Waals surface area contributed by atoms with Crippen LogP contribution in [0.2, 0.25) is 0 Å². The normalized spacial score (nSPS) is 12.1. The fourth-order valence-electron chi connectivity index (χ4n) is 4.66. The van der Waals surface area contributed by atoms with E-state index < -0.39 is 6.17 Å². The fraction of sp³-hybridized carbons (Fsp3) is 0.133. The van der Waals surface area contributed by atoms with Gasteiger partial charge < -0.3 is 9.30 Å². The van der Waals surface area contributed by atoms with Gasteiger partial charge in [-0.05, 0) is 52.6 Å². The summed E-state index contributed by atoms with van der Waals surface area (Å²) in [5, 5.41) is 13.3. The van der Waals surface area contributed by atoms with E-state index in [2.05, 4.69) is 72.4 Å². The number of nitrogens with zero attached hydrogens (tertiary/aromatic N) is 5. The molecule has 0 fully saturated rings. The molecule has 0 aliphatic heterocycles. The molecule has 7 nitrogen and oxygen atoms in total. The van der Waals surface area contributed by atoms with Crippen LogP contribution in [0.4, 0.5) is 4.39 Å². The first-order chi connectivity index (χ1) is 18.7. The summed E-state index contributed by atoms with van der Waals surface area (Å²) in [6.45, 7) is 0.791. The van der Waals surface area contributed by atoms with Crippen LogP contribution in [0, 0.1) is 0 Å². The second-order valence-electron chi connectivity index (χ2n) is 9.02. The van der Waals surface area contributed by atoms with Crippen molar-refractivity contribution in [1.82, 2.24) is 29.9 Å². The van der Waals surface area contributed by atoms with Crippen LogP contribution < -0.4 is 4.74 Å². The van der Waals surface area contributed by atoms with Crippen molar-refractivity contribution in [1.29, 1.82) is 0 Å². The topological polar surface area (TPSA) is 81.5 Å². The third-order valence-corrected chi connectivity index (χ3v) is 6.69. The summed E-state index contributed by atoms with van der Waals surface area (Å²) in [5.41, 5.74) is 4.63. The summed E-state index contributed by atoms with van der Waals surface area (Å²) in [7, 11) is 1.58. The molecule has 0 saturated heterocycles. The minimum Gasteiger partial charge on any atom is -0.497 e. The Balaban J connectivity index is 1.21. The highest BCUT2D eigenvalue weighted by Gasteiger charge is 2.22. The first kappa shape index (κ1) is 23.5. The summed E-state index contributed by atoms with van der Waals surface area (Å²) in [6, 6.07) is 25.3. The molecule has 3 aromatic carbocycles. The molecule has 1 N–H and O–H groups in total. The van der Waals surface area contributed by atoms with Gasteiger partial charge in [0.1, 0.15) is 22.8 Å². The highest BCUT2D eigenvalue weighted by Crippen LogP contribution is 2.33. The Kier molecular flexibility index (Phi) is 6.35. The zero-order valence-corrected chi connectivity index (χ0v) is 20.8. The number of fused-ring (bicyclic) bond motifs is 1. The van der Waals surface area contributed by atoms with E-state index in [0.29, 0.717) is 28.3 Å². The van der Waals surface area contributed by atoms with E-state index in [-0.39, 0.29) is 5.69 Å². The van der Waals surface area contributed by atoms with Crippen LogP contribution in [-0.4, -0.2) is 37.1 Å². The lowest BCUT2D eigenvalue weighted by molar-refractivity contribution is 0.391. The maximum atomic E-state index is 15.4. The van der Waals surface area contributed by atoms with Crippen molar-refractivity contribution in [2.45, 2.75) is 19.1 Å². The van der Waals surface area contributed by atoms with Gasteiger partial charge in [0.05, 0.1) is 19.1 Å². The molecule has 8 heteroatoms. The van der Waals surface area contributed by atoms with Crippen LogP contribution in [-0.2, 0) is 13.0 Å². The second-order valence-corrected chi connectivity index (χ2v) is 9.02. The van der Waals surface area contributed by atoms with Gasteiger partial charge in [0.15, 0.2) is 6.17 Å². The van der Waals surface area contributed by atoms with Gasteiger partial charge in [-0.1, -0.05) is 59.8 Å². The maximum Gasteiger partial charge on any atom is 0.169 e. The van der Waals surface area contributed by atoms with Crippen molar-refractivity contribution in [3.8, 4) is 28.4 Å². The van der Waals surface area contributed by atoms with E-state index in [4.69, 9.17) is 4.74 Å². The van der Waals surface area contributed by atoms with Crippen molar-refractivity contribution in [2.24, 2.45) is 0 Å². The van der Waals surface area contributed by atoms with Crippen molar-refractivity contribution < 1.29 is 9.13 Å². The average molecular weight is 505 g/mol. The smallest absolute Gasteiger partial charge is 0.169 e. The Morgan fingerprint density at radius 3 is 2.66 bits per heavy atom. The van der Waals surface area contributed by atoms with E-state index in [0.717, 1.165) is 18.7 Å². The second kappa shape index (κ2) is 10.3. The molecular formula is C30H25FN6O. The van der Waals surface area contributed by atoms with Gasteiger partial charge in [-0.2, -0.15) is 0 Å². The molecule has 0 spiro atoms. The van der Waals surface area contributed by atoms with Gasteiger partial charge in [-0.25, -0.2) is 9.37 Å². The third kappa shape index (κ3) is 4.64. The molecule has 0 bridgehead atoms. The van der Waals surface area contributed by atoms with Crippen LogP contribution in [0.1, 0.15) is 23.0 Å². The van der Waals surface area contributed by atoms with Gasteiger partial charge >= 0.3 is 0 Å². The van der Waals surface area contributed by atoms with Gasteiger partial charge in [-0.15, -0.1) is 5.10 Å². The number of aryl methyl sites for hydroxylation is 2. The molecule has 38 heavy (non-hydrogen) atoms. The van der Waals surface area contributed by atoms with E-state index >= 15 is 4.39 Å². The van der Waals surface area contributed by atoms with E-state index in [1.54, 1.807) is 43.6 Å². The van der Waals surface area contributed by atoms with Crippen LogP contribution in [0.3, 0.4) is 0 Å². The lowest BCUT2D eigenvalue weighted by Crippen LogP contribution is -1.99. The van der Waals surface area contributed by atoms with Crippen molar-refractivity contribution in [3.05, 3.63) is 114 Å². The molecule has 3 aromatic heterocycles. The summed E-state index contributed by atoms with van der Waals surface area (Å²) >= 11 is 0.